The molecule has 0 aliphatic rings. The molecular formula is C34H59N3O4. The fourth-order valence-electron chi connectivity index (χ4n) is 5.10. The van der Waals surface area contributed by atoms with Gasteiger partial charge >= 0.3 is 6.09 Å². The average Bonchev–Trinajstić information content (AvgIpc) is 2.85. The molecule has 2 atom stereocenters. The minimum absolute atomic E-state index is 0.150. The molecule has 1 aromatic rings. The van der Waals surface area contributed by atoms with Gasteiger partial charge in [0.2, 0.25) is 11.8 Å². The predicted molar refractivity (Wildman–Crippen MR) is 169 cm³/mol. The molecule has 0 radical (unpaired) electrons. The van der Waals surface area contributed by atoms with E-state index in [-0.39, 0.29) is 17.7 Å². The zero-order valence-corrected chi connectivity index (χ0v) is 27.5. The highest BCUT2D eigenvalue weighted by atomic mass is 16.6. The number of carbonyl (C=O) groups excluding carboxylic acids is 3. The van der Waals surface area contributed by atoms with Crippen molar-refractivity contribution in [3.8, 4) is 0 Å². The Hall–Kier alpha value is -2.57. The first-order valence-corrected chi connectivity index (χ1v) is 15.9. The van der Waals surface area contributed by atoms with Gasteiger partial charge in [0.05, 0.1) is 0 Å². The van der Waals surface area contributed by atoms with Gasteiger partial charge in [0, 0.05) is 13.1 Å². The first-order chi connectivity index (χ1) is 19.3. The Balaban J connectivity index is 3.47. The zero-order chi connectivity index (χ0) is 31.0. The Morgan fingerprint density at radius 2 is 1.41 bits per heavy atom. The summed E-state index contributed by atoms with van der Waals surface area (Å²) in [4.78, 5) is 42.8. The van der Waals surface area contributed by atoms with Crippen LogP contribution in [0.1, 0.15) is 135 Å². The quantitative estimate of drug-likeness (QED) is 0.176. The van der Waals surface area contributed by atoms with Crippen LogP contribution in [0.25, 0.3) is 0 Å². The van der Waals surface area contributed by atoms with Crippen molar-refractivity contribution in [1.29, 1.82) is 0 Å². The first kappa shape index (κ1) is 36.5. The van der Waals surface area contributed by atoms with Crippen molar-refractivity contribution in [3.05, 3.63) is 34.9 Å². The molecule has 0 bridgehead atoms. The van der Waals surface area contributed by atoms with Crippen molar-refractivity contribution in [2.75, 3.05) is 13.1 Å². The maximum Gasteiger partial charge on any atom is 0.408 e. The van der Waals surface area contributed by atoms with Crippen molar-refractivity contribution in [2.45, 2.75) is 144 Å². The molecule has 0 spiro atoms. The van der Waals surface area contributed by atoms with Crippen LogP contribution < -0.4 is 10.6 Å². The van der Waals surface area contributed by atoms with Crippen LogP contribution in [-0.4, -0.2) is 47.5 Å². The van der Waals surface area contributed by atoms with Crippen molar-refractivity contribution in [3.63, 3.8) is 0 Å². The summed E-state index contributed by atoms with van der Waals surface area (Å²) in [6, 6.07) is 4.50. The molecule has 3 amide bonds. The molecule has 0 fully saturated rings. The number of amides is 3. The summed E-state index contributed by atoms with van der Waals surface area (Å²) in [5.41, 5.74) is 2.20. The molecule has 7 heteroatoms. The van der Waals surface area contributed by atoms with E-state index in [0.29, 0.717) is 19.5 Å². The number of ether oxygens (including phenoxy) is 1. The summed E-state index contributed by atoms with van der Waals surface area (Å²) in [5.74, 6) is -0.269. The minimum atomic E-state index is -0.800. The lowest BCUT2D eigenvalue weighted by molar-refractivity contribution is -0.143. The van der Waals surface area contributed by atoms with Gasteiger partial charge in [-0.1, -0.05) is 102 Å². The SMILES string of the molecule is CCCCCCCCN(C(=O)C(CC(C)C)NC(=O)OC(C)(C)C)C(C(=O)NCCCCC)c1cc(C)cc(C)c1. The number of nitrogens with one attached hydrogen (secondary N) is 2. The molecule has 0 aliphatic heterocycles. The molecule has 41 heavy (non-hydrogen) atoms. The van der Waals surface area contributed by atoms with E-state index in [1.807, 2.05) is 39.8 Å². The monoisotopic (exact) mass is 573 g/mol. The van der Waals surface area contributed by atoms with Gasteiger partial charge in [0.25, 0.3) is 0 Å². The number of hydrogen-bond donors (Lipinski definition) is 2. The summed E-state index contributed by atoms with van der Waals surface area (Å²) in [5, 5.41) is 5.96. The van der Waals surface area contributed by atoms with Crippen molar-refractivity contribution in [1.82, 2.24) is 15.5 Å². The Labute approximate surface area is 250 Å². The van der Waals surface area contributed by atoms with Gasteiger partial charge in [-0.05, 0) is 65.4 Å². The Morgan fingerprint density at radius 1 is 0.854 bits per heavy atom. The van der Waals surface area contributed by atoms with Gasteiger partial charge in [-0.25, -0.2) is 4.79 Å². The second kappa shape index (κ2) is 18.8. The largest absolute Gasteiger partial charge is 0.444 e. The Morgan fingerprint density at radius 3 is 1.98 bits per heavy atom. The second-order valence-electron chi connectivity index (χ2n) is 12.9. The lowest BCUT2D eigenvalue weighted by atomic mass is 9.96. The number of rotatable bonds is 18. The van der Waals surface area contributed by atoms with Crippen molar-refractivity contribution >= 4 is 17.9 Å². The molecule has 1 rings (SSSR count). The fourth-order valence-corrected chi connectivity index (χ4v) is 5.10. The van der Waals surface area contributed by atoms with Crippen LogP contribution in [0.3, 0.4) is 0 Å². The van der Waals surface area contributed by atoms with Crippen molar-refractivity contribution in [2.24, 2.45) is 5.92 Å². The summed E-state index contributed by atoms with van der Waals surface area (Å²) in [7, 11) is 0. The number of carbonyl (C=O) groups is 3. The highest BCUT2D eigenvalue weighted by Gasteiger charge is 2.36. The van der Waals surface area contributed by atoms with Crippen LogP contribution in [0.2, 0.25) is 0 Å². The maximum absolute atomic E-state index is 14.4. The lowest BCUT2D eigenvalue weighted by Gasteiger charge is -2.35. The molecule has 0 heterocycles. The summed E-state index contributed by atoms with van der Waals surface area (Å²) < 4.78 is 5.52. The van der Waals surface area contributed by atoms with Gasteiger partial charge in [0.1, 0.15) is 17.7 Å². The zero-order valence-electron chi connectivity index (χ0n) is 27.5. The van der Waals surface area contributed by atoms with E-state index in [0.717, 1.165) is 55.2 Å². The van der Waals surface area contributed by atoms with E-state index >= 15 is 0 Å². The Kier molecular flexibility index (Phi) is 16.7. The van der Waals surface area contributed by atoms with Crippen LogP contribution in [0.4, 0.5) is 4.79 Å². The molecule has 0 aliphatic carbocycles. The van der Waals surface area contributed by atoms with Gasteiger partial charge in [0.15, 0.2) is 0 Å². The summed E-state index contributed by atoms with van der Waals surface area (Å²) >= 11 is 0. The van der Waals surface area contributed by atoms with E-state index in [9.17, 15) is 14.4 Å². The van der Waals surface area contributed by atoms with E-state index in [4.69, 9.17) is 4.74 Å². The molecule has 1 aromatic carbocycles. The van der Waals surface area contributed by atoms with Gasteiger partial charge in [-0.15, -0.1) is 0 Å². The summed E-state index contributed by atoms with van der Waals surface area (Å²) in [6.07, 6.45) is 9.22. The van der Waals surface area contributed by atoms with E-state index in [1.165, 1.54) is 19.3 Å². The van der Waals surface area contributed by atoms with Crippen LogP contribution in [0.15, 0.2) is 18.2 Å². The number of aryl methyl sites for hydroxylation is 2. The highest BCUT2D eigenvalue weighted by molar-refractivity contribution is 5.92. The van der Waals surface area contributed by atoms with Gasteiger partial charge in [-0.3, -0.25) is 9.59 Å². The van der Waals surface area contributed by atoms with Crippen LogP contribution in [0, 0.1) is 19.8 Å². The molecule has 2 unspecified atom stereocenters. The minimum Gasteiger partial charge on any atom is -0.444 e. The number of nitrogens with zero attached hydrogens (tertiary/aromatic N) is 1. The van der Waals surface area contributed by atoms with Crippen LogP contribution in [0.5, 0.6) is 0 Å². The number of alkyl carbamates (subject to hydrolysis) is 1. The number of unbranched alkanes of at least 4 members (excludes halogenated alkanes) is 7. The van der Waals surface area contributed by atoms with E-state index in [1.54, 1.807) is 25.7 Å². The standard InChI is InChI=1S/C34H59N3O4/c1-10-12-14-15-16-18-20-37(32(39)29(21-25(3)4)36-33(40)41-34(7,8)9)30(31(38)35-19-17-13-11-2)28-23-26(5)22-27(6)24-28/h22-25,29-30H,10-21H2,1-9H3,(H,35,38)(H,36,40). The van der Waals surface area contributed by atoms with E-state index in [2.05, 4.69) is 30.5 Å². The molecule has 0 saturated heterocycles. The second-order valence-corrected chi connectivity index (χ2v) is 12.9. The number of benzene rings is 1. The summed E-state index contributed by atoms with van der Waals surface area (Å²) in [6.45, 7) is 18.8. The smallest absolute Gasteiger partial charge is 0.408 e. The fraction of sp³-hybridized carbons (Fsp3) is 0.735. The van der Waals surface area contributed by atoms with Crippen LogP contribution >= 0.6 is 0 Å². The molecule has 0 aromatic heterocycles. The molecule has 0 saturated carbocycles. The van der Waals surface area contributed by atoms with Crippen molar-refractivity contribution < 1.29 is 19.1 Å². The van der Waals surface area contributed by atoms with Gasteiger partial charge < -0.3 is 20.3 Å². The predicted octanol–water partition coefficient (Wildman–Crippen LogP) is 7.78. The number of hydrogen-bond acceptors (Lipinski definition) is 4. The topological polar surface area (TPSA) is 87.7 Å². The Bertz CT molecular complexity index is 918. The normalized spacial score (nSPS) is 13.0. The third-order valence-electron chi connectivity index (χ3n) is 6.93. The third kappa shape index (κ3) is 14.8. The molecule has 2 N–H and O–H groups in total. The average molecular weight is 574 g/mol. The van der Waals surface area contributed by atoms with Crippen LogP contribution in [-0.2, 0) is 14.3 Å². The lowest BCUT2D eigenvalue weighted by Crippen LogP contribution is -2.53. The van der Waals surface area contributed by atoms with E-state index < -0.39 is 23.8 Å². The highest BCUT2D eigenvalue weighted by Crippen LogP contribution is 2.27. The molecule has 234 valence electrons. The van der Waals surface area contributed by atoms with Gasteiger partial charge in [-0.2, -0.15) is 0 Å². The first-order valence-electron chi connectivity index (χ1n) is 15.9. The molecule has 7 nitrogen and oxygen atoms in total. The maximum atomic E-state index is 14.4. The third-order valence-corrected chi connectivity index (χ3v) is 6.93. The molecular weight excluding hydrogens is 514 g/mol.